The van der Waals surface area contributed by atoms with Gasteiger partial charge in [-0.05, 0) is 0 Å². The van der Waals surface area contributed by atoms with Crippen molar-refractivity contribution in [3.8, 4) is 5.88 Å². The van der Waals surface area contributed by atoms with Gasteiger partial charge in [-0.25, -0.2) is 0 Å². The van der Waals surface area contributed by atoms with Crippen molar-refractivity contribution in [3.63, 3.8) is 0 Å². The van der Waals surface area contributed by atoms with Crippen molar-refractivity contribution in [2.45, 2.75) is 72.6 Å². The number of hydrogen-bond donors (Lipinski definition) is 0. The van der Waals surface area contributed by atoms with Crippen molar-refractivity contribution in [2.24, 2.45) is 0 Å². The van der Waals surface area contributed by atoms with E-state index in [0.717, 1.165) is 5.88 Å². The Balaban J connectivity index is 2.97. The van der Waals surface area contributed by atoms with Crippen LogP contribution in [0.4, 0.5) is 0 Å². The zero-order valence-corrected chi connectivity index (χ0v) is 17.4. The quantitative estimate of drug-likeness (QED) is 0.473. The predicted octanol–water partition coefficient (Wildman–Crippen LogP) is 5.21. The van der Waals surface area contributed by atoms with Gasteiger partial charge in [0, 0.05) is 0 Å². The number of hydrogen-bond acceptors (Lipinski definition) is 3. The summed E-state index contributed by atoms with van der Waals surface area (Å²) in [5.41, 5.74) is 0. The molecule has 116 valence electrons. The zero-order valence-electron chi connectivity index (χ0n) is 13.7. The van der Waals surface area contributed by atoms with Crippen molar-refractivity contribution in [1.82, 2.24) is 4.98 Å². The van der Waals surface area contributed by atoms with Crippen LogP contribution in [0.5, 0.6) is 5.88 Å². The van der Waals surface area contributed by atoms with Crippen molar-refractivity contribution in [3.05, 3.63) is 5.38 Å². The van der Waals surface area contributed by atoms with Gasteiger partial charge in [0.05, 0.1) is 0 Å². The molecule has 1 rings (SSSR count). The molecule has 0 saturated heterocycles. The fourth-order valence-electron chi connectivity index (χ4n) is 2.84. The summed E-state index contributed by atoms with van der Waals surface area (Å²) in [5.74, 6) is 0.843. The van der Waals surface area contributed by atoms with Crippen LogP contribution in [0.15, 0.2) is 5.38 Å². The number of unbranched alkanes of at least 4 members (excludes halogenated alkanes) is 3. The SMILES string of the molecule is CCC[CH2][Sn]([CH2]CCC)([CH2]CCC)[c]1nc(OC)cs1. The molecule has 1 aromatic heterocycles. The number of ether oxygens (including phenoxy) is 1. The third-order valence-corrected chi connectivity index (χ3v) is 22.9. The average molecular weight is 404 g/mol. The molecule has 0 N–H and O–H groups in total. The third-order valence-electron chi connectivity index (χ3n) is 4.17. The molecule has 1 aromatic rings. The van der Waals surface area contributed by atoms with Crippen LogP contribution in [0.3, 0.4) is 0 Å². The molecular weight excluding hydrogens is 373 g/mol. The van der Waals surface area contributed by atoms with Gasteiger partial charge < -0.3 is 0 Å². The van der Waals surface area contributed by atoms with Crippen LogP contribution in [0.25, 0.3) is 0 Å². The van der Waals surface area contributed by atoms with E-state index in [4.69, 9.17) is 9.72 Å². The van der Waals surface area contributed by atoms with Gasteiger partial charge in [-0.15, -0.1) is 0 Å². The molecule has 20 heavy (non-hydrogen) atoms. The standard InChI is InChI=1S/C4H4NOS.3C4H9.Sn/c1-6-4-2-7-3-5-4;3*1-3-4-2;/h2H,1H3;3*1,3-4H2,2H3;. The first-order chi connectivity index (χ1) is 9.72. The second-order valence-electron chi connectivity index (χ2n) is 5.79. The topological polar surface area (TPSA) is 22.1 Å². The monoisotopic (exact) mass is 405 g/mol. The fraction of sp³-hybridized carbons (Fsp3) is 0.812. The summed E-state index contributed by atoms with van der Waals surface area (Å²) in [6.45, 7) is 6.95. The first kappa shape index (κ1) is 18.3. The number of rotatable bonds is 11. The molecule has 0 aliphatic carbocycles. The van der Waals surface area contributed by atoms with E-state index in [0.29, 0.717) is 0 Å². The van der Waals surface area contributed by atoms with Crippen molar-refractivity contribution < 1.29 is 4.74 Å². The summed E-state index contributed by atoms with van der Waals surface area (Å²) < 4.78 is 11.3. The summed E-state index contributed by atoms with van der Waals surface area (Å²) >= 11 is -0.382. The number of aromatic nitrogens is 1. The van der Waals surface area contributed by atoms with E-state index in [1.165, 1.54) is 54.9 Å². The van der Waals surface area contributed by atoms with Gasteiger partial charge in [0.2, 0.25) is 0 Å². The molecule has 1 heterocycles. The Hall–Kier alpha value is 0.229. The van der Waals surface area contributed by atoms with Gasteiger partial charge in [-0.2, -0.15) is 0 Å². The van der Waals surface area contributed by atoms with E-state index >= 15 is 0 Å². The second-order valence-corrected chi connectivity index (χ2v) is 20.6. The van der Waals surface area contributed by atoms with E-state index in [1.807, 2.05) is 11.3 Å². The normalized spacial score (nSPS) is 11.8. The number of methoxy groups -OCH3 is 1. The van der Waals surface area contributed by atoms with Gasteiger partial charge in [0.15, 0.2) is 0 Å². The molecule has 0 fully saturated rings. The minimum absolute atomic E-state index is 0.843. The van der Waals surface area contributed by atoms with E-state index in [-0.39, 0.29) is 0 Å². The summed E-state index contributed by atoms with van der Waals surface area (Å²) in [5, 5.41) is 2.12. The third kappa shape index (κ3) is 5.21. The van der Waals surface area contributed by atoms with Crippen LogP contribution in [-0.2, 0) is 0 Å². The van der Waals surface area contributed by atoms with Crippen LogP contribution in [0, 0.1) is 0 Å². The van der Waals surface area contributed by atoms with E-state index < -0.39 is 18.4 Å². The number of thiazole rings is 1. The van der Waals surface area contributed by atoms with Crippen LogP contribution >= 0.6 is 11.3 Å². The molecule has 0 bridgehead atoms. The molecule has 0 aliphatic heterocycles. The van der Waals surface area contributed by atoms with Crippen LogP contribution in [-0.4, -0.2) is 30.5 Å². The average Bonchev–Trinajstić information content (AvgIpc) is 2.96. The van der Waals surface area contributed by atoms with Gasteiger partial charge in [-0.1, -0.05) is 0 Å². The molecular formula is C16H31NOSSn. The summed E-state index contributed by atoms with van der Waals surface area (Å²) in [4.78, 5) is 4.85. The molecule has 0 unspecified atom stereocenters. The molecule has 4 heteroatoms. The Morgan fingerprint density at radius 1 is 1.00 bits per heavy atom. The summed E-state index contributed by atoms with van der Waals surface area (Å²) in [6.07, 6.45) is 8.14. The molecule has 0 radical (unpaired) electrons. The van der Waals surface area contributed by atoms with E-state index in [1.54, 1.807) is 7.11 Å². The Labute approximate surface area is 133 Å². The van der Waals surface area contributed by atoms with Crippen molar-refractivity contribution in [2.75, 3.05) is 7.11 Å². The molecule has 0 spiro atoms. The maximum atomic E-state index is 5.34. The molecule has 0 aliphatic rings. The fourth-order valence-corrected chi connectivity index (χ4v) is 22.1. The first-order valence-corrected chi connectivity index (χ1v) is 16.6. The van der Waals surface area contributed by atoms with Crippen molar-refractivity contribution in [1.29, 1.82) is 0 Å². The van der Waals surface area contributed by atoms with E-state index in [9.17, 15) is 0 Å². The van der Waals surface area contributed by atoms with Crippen molar-refractivity contribution >= 4 is 32.7 Å². The van der Waals surface area contributed by atoms with Gasteiger partial charge >= 0.3 is 133 Å². The summed E-state index contributed by atoms with van der Waals surface area (Å²) in [6, 6.07) is 0. The Kier molecular flexibility index (Phi) is 9.17. The van der Waals surface area contributed by atoms with Gasteiger partial charge in [-0.3, -0.25) is 0 Å². The zero-order chi connectivity index (χ0) is 14.8. The molecule has 0 saturated carbocycles. The van der Waals surface area contributed by atoms with E-state index in [2.05, 4.69) is 26.2 Å². The molecule has 2 nitrogen and oxygen atoms in total. The van der Waals surface area contributed by atoms with Crippen LogP contribution < -0.4 is 7.76 Å². The Morgan fingerprint density at radius 3 is 1.85 bits per heavy atom. The van der Waals surface area contributed by atoms with Gasteiger partial charge in [0.1, 0.15) is 0 Å². The maximum absolute atomic E-state index is 5.34. The first-order valence-electron chi connectivity index (χ1n) is 8.22. The van der Waals surface area contributed by atoms with Crippen LogP contribution in [0.2, 0.25) is 13.3 Å². The predicted molar refractivity (Wildman–Crippen MR) is 93.2 cm³/mol. The van der Waals surface area contributed by atoms with Gasteiger partial charge in [0.25, 0.3) is 0 Å². The minimum atomic E-state index is -2.27. The summed E-state index contributed by atoms with van der Waals surface area (Å²) in [7, 11) is 1.74. The molecule has 0 aromatic carbocycles. The second kappa shape index (κ2) is 10.0. The van der Waals surface area contributed by atoms with Crippen LogP contribution in [0.1, 0.15) is 59.3 Å². The number of nitrogens with zero attached hydrogens (tertiary/aromatic N) is 1. The Bertz CT molecular complexity index is 345. The Morgan fingerprint density at radius 2 is 1.50 bits per heavy atom. The molecule has 0 amide bonds. The molecule has 0 atom stereocenters.